The van der Waals surface area contributed by atoms with Gasteiger partial charge in [0, 0.05) is 42.0 Å². The molecule has 1 saturated heterocycles. The molecule has 9 nitrogen and oxygen atoms in total. The van der Waals surface area contributed by atoms with Gasteiger partial charge in [0.25, 0.3) is 0 Å². The number of H-pyrrole nitrogens is 1. The maximum atomic E-state index is 12.5. The lowest BCUT2D eigenvalue weighted by Crippen LogP contribution is -2.42. The Morgan fingerprint density at radius 1 is 1.33 bits per heavy atom. The SMILES string of the molecule is COc1cc(-c2[nH]c3cc(C)c(C4CCN(C(=O)CN(C)C)CC4)nc3c2C(C)C)cnc1N=CN. The number of ether oxygens (including phenoxy) is 1. The Morgan fingerprint density at radius 2 is 2.06 bits per heavy atom. The number of piperidine rings is 1. The molecule has 0 aromatic carbocycles. The number of aryl methyl sites for hydroxylation is 1. The number of methoxy groups -OCH3 is 1. The molecule has 3 aromatic heterocycles. The van der Waals surface area contributed by atoms with Crippen LogP contribution in [0.5, 0.6) is 5.75 Å². The molecule has 1 aliphatic rings. The second-order valence-electron chi connectivity index (χ2n) is 10.1. The highest BCUT2D eigenvalue weighted by molar-refractivity contribution is 5.89. The largest absolute Gasteiger partial charge is 0.493 e. The van der Waals surface area contributed by atoms with E-state index in [0.29, 0.717) is 24.0 Å². The molecule has 9 heteroatoms. The quantitative estimate of drug-likeness (QED) is 0.382. The van der Waals surface area contributed by atoms with Crippen LogP contribution in [0.1, 0.15) is 55.3 Å². The molecule has 0 saturated carbocycles. The molecule has 3 aromatic rings. The summed E-state index contributed by atoms with van der Waals surface area (Å²) >= 11 is 0. The normalized spacial score (nSPS) is 15.1. The smallest absolute Gasteiger partial charge is 0.236 e. The van der Waals surface area contributed by atoms with Crippen molar-refractivity contribution >= 4 is 29.1 Å². The summed E-state index contributed by atoms with van der Waals surface area (Å²) in [7, 11) is 5.46. The predicted molar refractivity (Wildman–Crippen MR) is 144 cm³/mol. The molecule has 1 aliphatic heterocycles. The number of hydrogen-bond donors (Lipinski definition) is 2. The first kappa shape index (κ1) is 25.6. The van der Waals surface area contributed by atoms with E-state index in [-0.39, 0.29) is 11.8 Å². The van der Waals surface area contributed by atoms with Gasteiger partial charge in [-0.25, -0.2) is 9.98 Å². The maximum absolute atomic E-state index is 12.5. The number of aromatic amines is 1. The fourth-order valence-corrected chi connectivity index (χ4v) is 5.12. The number of aliphatic imine (C=N–C) groups is 1. The third-order valence-electron chi connectivity index (χ3n) is 6.84. The van der Waals surface area contributed by atoms with Gasteiger partial charge in [-0.15, -0.1) is 0 Å². The van der Waals surface area contributed by atoms with Crippen molar-refractivity contribution in [1.29, 1.82) is 0 Å². The van der Waals surface area contributed by atoms with Crippen molar-refractivity contribution in [2.75, 3.05) is 40.8 Å². The third-order valence-corrected chi connectivity index (χ3v) is 6.84. The van der Waals surface area contributed by atoms with Gasteiger partial charge < -0.3 is 25.3 Å². The van der Waals surface area contributed by atoms with Crippen molar-refractivity contribution in [1.82, 2.24) is 24.8 Å². The number of nitrogens with one attached hydrogen (secondary N) is 1. The second-order valence-corrected chi connectivity index (χ2v) is 10.1. The van der Waals surface area contributed by atoms with E-state index in [2.05, 4.69) is 41.8 Å². The number of likely N-dealkylation sites (N-methyl/N-ethyl adjacent to an activating group) is 1. The van der Waals surface area contributed by atoms with E-state index in [1.54, 1.807) is 13.3 Å². The summed E-state index contributed by atoms with van der Waals surface area (Å²) in [6.07, 6.45) is 4.85. The molecular weight excluding hydrogens is 454 g/mol. The minimum atomic E-state index is 0.197. The van der Waals surface area contributed by atoms with Gasteiger partial charge in [0.15, 0.2) is 11.6 Å². The van der Waals surface area contributed by atoms with E-state index in [4.69, 9.17) is 15.5 Å². The van der Waals surface area contributed by atoms with Gasteiger partial charge in [-0.1, -0.05) is 13.8 Å². The Morgan fingerprint density at radius 3 is 2.67 bits per heavy atom. The highest BCUT2D eigenvalue weighted by atomic mass is 16.5. The topological polar surface area (TPSA) is 113 Å². The van der Waals surface area contributed by atoms with Crippen LogP contribution in [0.4, 0.5) is 5.82 Å². The molecule has 0 unspecified atom stereocenters. The van der Waals surface area contributed by atoms with Gasteiger partial charge >= 0.3 is 0 Å². The van der Waals surface area contributed by atoms with Crippen LogP contribution in [0.15, 0.2) is 23.3 Å². The molecule has 36 heavy (non-hydrogen) atoms. The number of nitrogens with zero attached hydrogens (tertiary/aromatic N) is 5. The Kier molecular flexibility index (Phi) is 7.59. The van der Waals surface area contributed by atoms with Gasteiger partial charge in [0.1, 0.15) is 0 Å². The summed E-state index contributed by atoms with van der Waals surface area (Å²) in [5.74, 6) is 1.78. The van der Waals surface area contributed by atoms with Crippen molar-refractivity contribution < 1.29 is 9.53 Å². The maximum Gasteiger partial charge on any atom is 0.236 e. The lowest BCUT2D eigenvalue weighted by atomic mass is 9.90. The molecule has 0 radical (unpaired) electrons. The third kappa shape index (κ3) is 5.06. The Hall–Kier alpha value is -3.46. The summed E-state index contributed by atoms with van der Waals surface area (Å²) in [6.45, 7) is 8.49. The van der Waals surface area contributed by atoms with Crippen molar-refractivity contribution in [3.63, 3.8) is 0 Å². The molecule has 1 amide bonds. The molecule has 4 heterocycles. The number of nitrogens with two attached hydrogens (primary N) is 1. The number of hydrogen-bond acceptors (Lipinski definition) is 6. The average Bonchev–Trinajstić information content (AvgIpc) is 3.22. The molecule has 0 spiro atoms. The van der Waals surface area contributed by atoms with Gasteiger partial charge in [-0.05, 0) is 57.5 Å². The number of pyridine rings is 2. The van der Waals surface area contributed by atoms with Crippen LogP contribution in [-0.4, -0.2) is 77.8 Å². The number of fused-ring (bicyclic) bond motifs is 1. The van der Waals surface area contributed by atoms with E-state index in [1.165, 1.54) is 11.9 Å². The van der Waals surface area contributed by atoms with E-state index in [9.17, 15) is 4.79 Å². The van der Waals surface area contributed by atoms with Crippen LogP contribution < -0.4 is 10.5 Å². The van der Waals surface area contributed by atoms with Crippen LogP contribution in [0.2, 0.25) is 0 Å². The predicted octanol–water partition coefficient (Wildman–Crippen LogP) is 3.95. The first-order valence-electron chi connectivity index (χ1n) is 12.5. The highest BCUT2D eigenvalue weighted by Crippen LogP contribution is 2.39. The van der Waals surface area contributed by atoms with E-state index < -0.39 is 0 Å². The van der Waals surface area contributed by atoms with Gasteiger partial charge in [0.05, 0.1) is 36.7 Å². The number of amides is 1. The Labute approximate surface area is 212 Å². The molecule has 3 N–H and O–H groups in total. The van der Waals surface area contributed by atoms with Crippen molar-refractivity contribution in [2.24, 2.45) is 10.7 Å². The average molecular weight is 492 g/mol. The first-order chi connectivity index (χ1) is 17.2. The highest BCUT2D eigenvalue weighted by Gasteiger charge is 2.27. The molecule has 4 rings (SSSR count). The minimum Gasteiger partial charge on any atom is -0.493 e. The van der Waals surface area contributed by atoms with Gasteiger partial charge in [-0.3, -0.25) is 9.78 Å². The van der Waals surface area contributed by atoms with Crippen LogP contribution in [0, 0.1) is 6.92 Å². The van der Waals surface area contributed by atoms with Crippen LogP contribution >= 0.6 is 0 Å². The molecule has 0 atom stereocenters. The van der Waals surface area contributed by atoms with Crippen LogP contribution in [0.3, 0.4) is 0 Å². The zero-order valence-electron chi connectivity index (χ0n) is 22.1. The van der Waals surface area contributed by atoms with Crippen molar-refractivity contribution in [3.05, 3.63) is 35.2 Å². The summed E-state index contributed by atoms with van der Waals surface area (Å²) in [4.78, 5) is 33.8. The Bertz CT molecular complexity index is 1270. The summed E-state index contributed by atoms with van der Waals surface area (Å²) in [5, 5.41) is 0. The fourth-order valence-electron chi connectivity index (χ4n) is 5.12. The van der Waals surface area contributed by atoms with Gasteiger partial charge in [-0.2, -0.15) is 0 Å². The number of aromatic nitrogens is 3. The van der Waals surface area contributed by atoms with Crippen LogP contribution in [-0.2, 0) is 4.79 Å². The monoisotopic (exact) mass is 491 g/mol. The van der Waals surface area contributed by atoms with E-state index >= 15 is 0 Å². The fraction of sp³-hybridized carbons (Fsp3) is 0.481. The molecule has 192 valence electrons. The second kappa shape index (κ2) is 10.7. The number of likely N-dealkylation sites (tertiary alicyclic amines) is 1. The molecule has 0 aliphatic carbocycles. The van der Waals surface area contributed by atoms with Gasteiger partial charge in [0.2, 0.25) is 5.91 Å². The zero-order chi connectivity index (χ0) is 26.0. The minimum absolute atomic E-state index is 0.197. The number of carbonyl (C=O) groups is 1. The lowest BCUT2D eigenvalue weighted by Gasteiger charge is -2.33. The van der Waals surface area contributed by atoms with E-state index in [1.807, 2.05) is 30.0 Å². The number of carbonyl (C=O) groups excluding carboxylic acids is 1. The molecule has 1 fully saturated rings. The van der Waals surface area contributed by atoms with Crippen LogP contribution in [0.25, 0.3) is 22.3 Å². The number of rotatable bonds is 7. The molecular formula is C27H37N7O2. The first-order valence-corrected chi connectivity index (χ1v) is 12.5. The Balaban J connectivity index is 1.69. The summed E-state index contributed by atoms with van der Waals surface area (Å²) in [6, 6.07) is 4.13. The van der Waals surface area contributed by atoms with Crippen molar-refractivity contribution in [3.8, 4) is 17.0 Å². The molecule has 0 bridgehead atoms. The standard InChI is InChI=1S/C27H37N7O2/c1-16(2)23-25(19-12-21(36-6)27(29-13-19)30-15-28)31-20-11-17(3)24(32-26(20)23)18-7-9-34(10-8-18)22(35)14-33(4)5/h11-13,15-16,18,31H,7-10,14H2,1-6H3,(H2,28,29,30). The van der Waals surface area contributed by atoms with Crippen molar-refractivity contribution in [2.45, 2.75) is 45.4 Å². The summed E-state index contributed by atoms with van der Waals surface area (Å²) < 4.78 is 5.51. The van der Waals surface area contributed by atoms with E-state index in [0.717, 1.165) is 59.5 Å². The summed E-state index contributed by atoms with van der Waals surface area (Å²) in [5.41, 5.74) is 12.8. The zero-order valence-corrected chi connectivity index (χ0v) is 22.1. The lowest BCUT2D eigenvalue weighted by molar-refractivity contribution is -0.132.